The zero-order valence-electron chi connectivity index (χ0n) is 14.7. The Balaban J connectivity index is 1.63. The molecule has 2 aliphatic heterocycles. The van der Waals surface area contributed by atoms with Crippen molar-refractivity contribution in [1.29, 1.82) is 0 Å². The van der Waals surface area contributed by atoms with Crippen molar-refractivity contribution < 1.29 is 19.1 Å². The third-order valence-electron chi connectivity index (χ3n) is 5.22. The molecule has 25 heavy (non-hydrogen) atoms. The van der Waals surface area contributed by atoms with Crippen molar-refractivity contribution in [2.75, 3.05) is 40.0 Å². The number of piperidine rings is 1. The molecule has 0 radical (unpaired) electrons. The van der Waals surface area contributed by atoms with Gasteiger partial charge in [0.2, 0.25) is 11.7 Å². The highest BCUT2D eigenvalue weighted by atomic mass is 16.5. The summed E-state index contributed by atoms with van der Waals surface area (Å²) < 4.78 is 12.0. The van der Waals surface area contributed by atoms with Crippen LogP contribution >= 0.6 is 0 Å². The molecule has 138 valence electrons. The number of carbonyl (C=O) groups is 2. The topological polar surface area (TPSA) is 98.6 Å². The smallest absolute Gasteiger partial charge is 0.293 e. The minimum Gasteiger partial charge on any atom is -0.379 e. The second-order valence-electron chi connectivity index (χ2n) is 6.77. The van der Waals surface area contributed by atoms with Gasteiger partial charge in [-0.05, 0) is 24.7 Å². The Labute approximate surface area is 146 Å². The third kappa shape index (κ3) is 3.82. The number of methoxy groups -OCH3 is 1. The van der Waals surface area contributed by atoms with Crippen LogP contribution in [0.15, 0.2) is 6.33 Å². The second-order valence-corrected chi connectivity index (χ2v) is 6.77. The van der Waals surface area contributed by atoms with Gasteiger partial charge in [0.1, 0.15) is 12.9 Å². The van der Waals surface area contributed by atoms with Crippen molar-refractivity contribution in [3.05, 3.63) is 12.2 Å². The lowest BCUT2D eigenvalue weighted by Gasteiger charge is -2.48. The van der Waals surface area contributed by atoms with Crippen molar-refractivity contribution in [3.8, 4) is 0 Å². The van der Waals surface area contributed by atoms with E-state index < -0.39 is 0 Å². The number of aryl methyl sites for hydroxylation is 1. The molecule has 0 aliphatic carbocycles. The van der Waals surface area contributed by atoms with Gasteiger partial charge in [0.05, 0.1) is 12.6 Å². The SMILES string of the molecule is COCC(=O)N[C@@H]1COCCC12CCN(C(=O)c1ncn(C)n1)CC2. The van der Waals surface area contributed by atoms with E-state index >= 15 is 0 Å². The largest absolute Gasteiger partial charge is 0.379 e. The summed E-state index contributed by atoms with van der Waals surface area (Å²) in [4.78, 5) is 30.3. The number of likely N-dealkylation sites (tertiary alicyclic amines) is 1. The zero-order chi connectivity index (χ0) is 17.9. The van der Waals surface area contributed by atoms with Crippen LogP contribution in [-0.2, 0) is 21.3 Å². The quantitative estimate of drug-likeness (QED) is 0.792. The Morgan fingerprint density at radius 1 is 1.40 bits per heavy atom. The first-order valence-corrected chi connectivity index (χ1v) is 8.55. The molecule has 2 amide bonds. The highest BCUT2D eigenvalue weighted by molar-refractivity contribution is 5.90. The third-order valence-corrected chi connectivity index (χ3v) is 5.22. The lowest BCUT2D eigenvalue weighted by Crippen LogP contribution is -2.58. The molecule has 2 fully saturated rings. The average Bonchev–Trinajstić information content (AvgIpc) is 3.04. The van der Waals surface area contributed by atoms with Crippen molar-refractivity contribution >= 4 is 11.8 Å². The number of carbonyl (C=O) groups excluding carboxylic acids is 2. The lowest BCUT2D eigenvalue weighted by molar-refractivity contribution is -0.130. The summed E-state index contributed by atoms with van der Waals surface area (Å²) >= 11 is 0. The van der Waals surface area contributed by atoms with E-state index in [1.54, 1.807) is 11.9 Å². The maximum atomic E-state index is 12.5. The summed E-state index contributed by atoms with van der Waals surface area (Å²) in [7, 11) is 3.24. The minimum absolute atomic E-state index is 0.0318. The van der Waals surface area contributed by atoms with Crippen molar-refractivity contribution in [2.45, 2.75) is 25.3 Å². The van der Waals surface area contributed by atoms with Crippen molar-refractivity contribution in [1.82, 2.24) is 25.0 Å². The van der Waals surface area contributed by atoms with Gasteiger partial charge in [0.25, 0.3) is 5.91 Å². The van der Waals surface area contributed by atoms with Crippen molar-refractivity contribution in [2.24, 2.45) is 12.5 Å². The van der Waals surface area contributed by atoms with E-state index in [0.717, 1.165) is 19.3 Å². The predicted octanol–water partition coefficient (Wildman–Crippen LogP) is -0.411. The number of rotatable bonds is 4. The fourth-order valence-electron chi connectivity index (χ4n) is 3.72. The van der Waals surface area contributed by atoms with Crippen LogP contribution in [0.25, 0.3) is 0 Å². The first-order valence-electron chi connectivity index (χ1n) is 8.55. The molecule has 1 aromatic heterocycles. The van der Waals surface area contributed by atoms with Crippen LogP contribution in [0, 0.1) is 5.41 Å². The first-order chi connectivity index (χ1) is 12.0. The Bertz CT molecular complexity index is 624. The molecule has 2 saturated heterocycles. The molecule has 9 nitrogen and oxygen atoms in total. The highest BCUT2D eigenvalue weighted by Crippen LogP contribution is 2.41. The van der Waals surface area contributed by atoms with E-state index in [-0.39, 0.29) is 35.7 Å². The van der Waals surface area contributed by atoms with Gasteiger partial charge in [0, 0.05) is 33.9 Å². The molecule has 1 spiro atoms. The second kappa shape index (κ2) is 7.49. The Morgan fingerprint density at radius 2 is 2.16 bits per heavy atom. The van der Waals surface area contributed by atoms with Gasteiger partial charge in [0.15, 0.2) is 0 Å². The molecule has 1 N–H and O–H groups in total. The number of nitrogens with zero attached hydrogens (tertiary/aromatic N) is 4. The Morgan fingerprint density at radius 3 is 2.80 bits per heavy atom. The van der Waals surface area contributed by atoms with E-state index in [9.17, 15) is 9.59 Å². The number of amides is 2. The fourth-order valence-corrected chi connectivity index (χ4v) is 3.72. The zero-order valence-corrected chi connectivity index (χ0v) is 14.7. The molecule has 0 bridgehead atoms. The summed E-state index contributed by atoms with van der Waals surface area (Å²) in [5.41, 5.74) is -0.0318. The van der Waals surface area contributed by atoms with E-state index in [4.69, 9.17) is 9.47 Å². The van der Waals surface area contributed by atoms with E-state index in [0.29, 0.717) is 26.3 Å². The highest BCUT2D eigenvalue weighted by Gasteiger charge is 2.45. The van der Waals surface area contributed by atoms with Gasteiger partial charge in [-0.3, -0.25) is 14.3 Å². The maximum Gasteiger partial charge on any atom is 0.293 e. The minimum atomic E-state index is -0.137. The van der Waals surface area contributed by atoms with Crippen LogP contribution in [-0.4, -0.2) is 77.5 Å². The lowest BCUT2D eigenvalue weighted by atomic mass is 9.69. The molecular weight excluding hydrogens is 326 g/mol. The molecule has 3 rings (SSSR count). The van der Waals surface area contributed by atoms with E-state index in [1.807, 2.05) is 0 Å². The van der Waals surface area contributed by atoms with Crippen LogP contribution in [0.1, 0.15) is 29.9 Å². The molecule has 9 heteroatoms. The summed E-state index contributed by atoms with van der Waals surface area (Å²) in [6.45, 7) is 2.50. The van der Waals surface area contributed by atoms with Gasteiger partial charge >= 0.3 is 0 Å². The van der Waals surface area contributed by atoms with Crippen molar-refractivity contribution in [3.63, 3.8) is 0 Å². The van der Waals surface area contributed by atoms with Crippen LogP contribution in [0.4, 0.5) is 0 Å². The number of aromatic nitrogens is 3. The first kappa shape index (κ1) is 17.8. The molecular formula is C16H25N5O4. The normalized spacial score (nSPS) is 22.8. The summed E-state index contributed by atoms with van der Waals surface area (Å²) in [5.74, 6) is -0.0357. The van der Waals surface area contributed by atoms with E-state index in [1.165, 1.54) is 18.1 Å². The molecule has 0 unspecified atom stereocenters. The van der Waals surface area contributed by atoms with Crippen LogP contribution in [0.2, 0.25) is 0 Å². The van der Waals surface area contributed by atoms with Crippen LogP contribution in [0.5, 0.6) is 0 Å². The Kier molecular flexibility index (Phi) is 5.33. The van der Waals surface area contributed by atoms with Gasteiger partial charge in [-0.15, -0.1) is 5.10 Å². The number of hydrogen-bond acceptors (Lipinski definition) is 6. The molecule has 0 aromatic carbocycles. The van der Waals surface area contributed by atoms with E-state index in [2.05, 4.69) is 15.4 Å². The van der Waals surface area contributed by atoms with Gasteiger partial charge in [-0.2, -0.15) is 0 Å². The van der Waals surface area contributed by atoms with Crippen LogP contribution in [0.3, 0.4) is 0 Å². The fraction of sp³-hybridized carbons (Fsp3) is 0.750. The molecule has 2 aliphatic rings. The summed E-state index contributed by atoms with van der Waals surface area (Å²) in [6.07, 6.45) is 4.06. The predicted molar refractivity (Wildman–Crippen MR) is 87.8 cm³/mol. The molecule has 3 heterocycles. The summed E-state index contributed by atoms with van der Waals surface area (Å²) in [5, 5.41) is 7.13. The number of nitrogens with one attached hydrogen (secondary N) is 1. The van der Waals surface area contributed by atoms with Gasteiger partial charge < -0.3 is 19.7 Å². The summed E-state index contributed by atoms with van der Waals surface area (Å²) in [6, 6.07) is -0.0471. The number of hydrogen-bond donors (Lipinski definition) is 1. The van der Waals surface area contributed by atoms with Gasteiger partial charge in [-0.25, -0.2) is 4.98 Å². The maximum absolute atomic E-state index is 12.5. The monoisotopic (exact) mass is 351 g/mol. The molecule has 1 atom stereocenters. The van der Waals surface area contributed by atoms with Gasteiger partial charge in [-0.1, -0.05) is 0 Å². The number of ether oxygens (including phenoxy) is 2. The standard InChI is InChI=1S/C16H25N5O4/c1-20-11-17-14(19-20)15(23)21-6-3-16(4-7-21)5-8-25-9-12(16)18-13(22)10-24-2/h11-12H,3-10H2,1-2H3,(H,18,22)/t12-/m1/s1. The molecule has 1 aromatic rings. The average molecular weight is 351 g/mol. The Hall–Kier alpha value is -2.00. The van der Waals surface area contributed by atoms with Crippen LogP contribution < -0.4 is 5.32 Å². The molecule has 0 saturated carbocycles.